The molecule has 112 valence electrons. The van der Waals surface area contributed by atoms with Gasteiger partial charge in [-0.2, -0.15) is 0 Å². The summed E-state index contributed by atoms with van der Waals surface area (Å²) < 4.78 is 10.9. The van der Waals surface area contributed by atoms with E-state index >= 15 is 0 Å². The molecule has 1 aliphatic heterocycles. The van der Waals surface area contributed by atoms with Crippen molar-refractivity contribution in [1.29, 1.82) is 0 Å². The lowest BCUT2D eigenvalue weighted by Crippen LogP contribution is -2.44. The minimum atomic E-state index is -1.06. The Morgan fingerprint density at radius 1 is 1.33 bits per heavy atom. The van der Waals surface area contributed by atoms with Crippen LogP contribution < -0.4 is 10.1 Å². The van der Waals surface area contributed by atoms with E-state index in [2.05, 4.69) is 10.2 Å². The molecule has 0 saturated carbocycles. The largest absolute Gasteiger partial charge is 0.492 e. The Balaban J connectivity index is 1.60. The van der Waals surface area contributed by atoms with Gasteiger partial charge in [-0.1, -0.05) is 0 Å². The molecule has 0 aliphatic carbocycles. The first-order valence-electron chi connectivity index (χ1n) is 7.05. The van der Waals surface area contributed by atoms with Crippen LogP contribution in [-0.2, 0) is 0 Å². The van der Waals surface area contributed by atoms with E-state index in [4.69, 9.17) is 14.3 Å². The van der Waals surface area contributed by atoms with Crippen molar-refractivity contribution in [1.82, 2.24) is 10.2 Å². The molecular weight excluding hydrogens is 272 g/mol. The highest BCUT2D eigenvalue weighted by atomic mass is 16.5. The lowest BCUT2D eigenvalue weighted by molar-refractivity contribution is 0.0665. The molecule has 1 aromatic carbocycles. The molecule has 0 unspecified atom stereocenters. The van der Waals surface area contributed by atoms with Gasteiger partial charge in [0.2, 0.25) is 5.76 Å². The number of hydrogen-bond donors (Lipinski definition) is 2. The van der Waals surface area contributed by atoms with Crippen molar-refractivity contribution in [2.45, 2.75) is 0 Å². The Bertz CT molecular complexity index is 632. The van der Waals surface area contributed by atoms with Crippen LogP contribution in [0.25, 0.3) is 11.0 Å². The molecular formula is C15H18N2O4. The van der Waals surface area contributed by atoms with Gasteiger partial charge in [0, 0.05) is 38.1 Å². The van der Waals surface area contributed by atoms with Crippen LogP contribution in [0.5, 0.6) is 5.75 Å². The third-order valence-corrected chi connectivity index (χ3v) is 3.58. The summed E-state index contributed by atoms with van der Waals surface area (Å²) in [6, 6.07) is 6.86. The average molecular weight is 290 g/mol. The van der Waals surface area contributed by atoms with Crippen LogP contribution in [0.1, 0.15) is 10.6 Å². The maximum absolute atomic E-state index is 10.9. The average Bonchev–Trinajstić information content (AvgIpc) is 2.92. The van der Waals surface area contributed by atoms with Crippen LogP contribution in [-0.4, -0.2) is 55.3 Å². The van der Waals surface area contributed by atoms with Gasteiger partial charge in [-0.05, 0) is 24.3 Å². The zero-order valence-electron chi connectivity index (χ0n) is 11.7. The number of rotatable bonds is 5. The van der Waals surface area contributed by atoms with Crippen LogP contribution in [0.4, 0.5) is 0 Å². The summed E-state index contributed by atoms with van der Waals surface area (Å²) in [5, 5.41) is 13.0. The fourth-order valence-corrected chi connectivity index (χ4v) is 2.44. The van der Waals surface area contributed by atoms with Crippen molar-refractivity contribution in [2.75, 3.05) is 39.3 Å². The lowest BCUT2D eigenvalue weighted by atomic mass is 10.2. The second-order valence-electron chi connectivity index (χ2n) is 5.06. The normalized spacial score (nSPS) is 16.2. The van der Waals surface area contributed by atoms with Gasteiger partial charge < -0.3 is 19.6 Å². The fourth-order valence-electron chi connectivity index (χ4n) is 2.44. The monoisotopic (exact) mass is 290 g/mol. The summed E-state index contributed by atoms with van der Waals surface area (Å²) in [5.41, 5.74) is 0.557. The summed E-state index contributed by atoms with van der Waals surface area (Å²) in [4.78, 5) is 13.2. The molecule has 0 atom stereocenters. The summed E-state index contributed by atoms with van der Waals surface area (Å²) >= 11 is 0. The molecule has 6 heteroatoms. The Kier molecular flexibility index (Phi) is 4.08. The number of carboxylic acids is 1. The van der Waals surface area contributed by atoms with E-state index in [1.807, 2.05) is 6.07 Å². The number of hydrogen-bond acceptors (Lipinski definition) is 5. The number of carbonyl (C=O) groups is 1. The maximum Gasteiger partial charge on any atom is 0.371 e. The van der Waals surface area contributed by atoms with E-state index in [0.29, 0.717) is 12.2 Å². The van der Waals surface area contributed by atoms with Crippen LogP contribution in [0.3, 0.4) is 0 Å². The van der Waals surface area contributed by atoms with Crippen molar-refractivity contribution in [3.05, 3.63) is 30.0 Å². The van der Waals surface area contributed by atoms with E-state index in [9.17, 15) is 4.79 Å². The third kappa shape index (κ3) is 3.34. The summed E-state index contributed by atoms with van der Waals surface area (Å²) in [5.74, 6) is -0.384. The molecule has 0 bridgehead atoms. The molecule has 21 heavy (non-hydrogen) atoms. The molecule has 1 fully saturated rings. The van der Waals surface area contributed by atoms with Crippen molar-refractivity contribution in [3.8, 4) is 5.75 Å². The number of furan rings is 1. The highest BCUT2D eigenvalue weighted by molar-refractivity contribution is 5.91. The molecule has 3 rings (SSSR count). The van der Waals surface area contributed by atoms with Gasteiger partial charge in [0.05, 0.1) is 0 Å². The van der Waals surface area contributed by atoms with Crippen LogP contribution in [0, 0.1) is 0 Å². The molecule has 1 aliphatic rings. The Hall–Kier alpha value is -2.05. The second kappa shape index (κ2) is 6.15. The summed E-state index contributed by atoms with van der Waals surface area (Å²) in [6.45, 7) is 5.66. The molecule has 2 heterocycles. The van der Waals surface area contributed by atoms with Crippen LogP contribution in [0.15, 0.2) is 28.7 Å². The fraction of sp³-hybridized carbons (Fsp3) is 0.400. The topological polar surface area (TPSA) is 74.9 Å². The number of fused-ring (bicyclic) bond motifs is 1. The molecule has 1 saturated heterocycles. The zero-order chi connectivity index (χ0) is 14.7. The van der Waals surface area contributed by atoms with Crippen LogP contribution in [0.2, 0.25) is 0 Å². The molecule has 0 spiro atoms. The minimum absolute atomic E-state index is 0.0528. The molecule has 0 radical (unpaired) electrons. The van der Waals surface area contributed by atoms with E-state index in [0.717, 1.165) is 43.9 Å². The van der Waals surface area contributed by atoms with Crippen LogP contribution >= 0.6 is 0 Å². The van der Waals surface area contributed by atoms with Gasteiger partial charge in [-0.3, -0.25) is 4.90 Å². The van der Waals surface area contributed by atoms with E-state index < -0.39 is 5.97 Å². The van der Waals surface area contributed by atoms with Gasteiger partial charge in [0.25, 0.3) is 0 Å². The molecule has 2 aromatic rings. The number of benzene rings is 1. The Labute approximate surface area is 122 Å². The lowest BCUT2D eigenvalue weighted by Gasteiger charge is -2.26. The van der Waals surface area contributed by atoms with Gasteiger partial charge in [0.15, 0.2) is 0 Å². The van der Waals surface area contributed by atoms with Crippen molar-refractivity contribution in [2.24, 2.45) is 0 Å². The highest BCUT2D eigenvalue weighted by Gasteiger charge is 2.12. The van der Waals surface area contributed by atoms with Gasteiger partial charge in [0.1, 0.15) is 17.9 Å². The smallest absolute Gasteiger partial charge is 0.371 e. The number of aromatic carboxylic acids is 1. The molecule has 1 aromatic heterocycles. The standard InChI is InChI=1S/C15H18N2O4/c18-15(19)14-10-11-9-12(1-2-13(11)21-14)20-8-7-17-5-3-16-4-6-17/h1-2,9-10,16H,3-8H2,(H,18,19). The molecule has 2 N–H and O–H groups in total. The van der Waals surface area contributed by atoms with Gasteiger partial charge in [-0.15, -0.1) is 0 Å². The first kappa shape index (κ1) is 13.9. The SMILES string of the molecule is O=C(O)c1cc2cc(OCCN3CCNCC3)ccc2o1. The minimum Gasteiger partial charge on any atom is -0.492 e. The predicted molar refractivity (Wildman–Crippen MR) is 78.0 cm³/mol. The number of ether oxygens (including phenoxy) is 1. The predicted octanol–water partition coefficient (Wildman–Crippen LogP) is 1.41. The summed E-state index contributed by atoms with van der Waals surface area (Å²) in [7, 11) is 0. The third-order valence-electron chi connectivity index (χ3n) is 3.58. The second-order valence-corrected chi connectivity index (χ2v) is 5.06. The highest BCUT2D eigenvalue weighted by Crippen LogP contribution is 2.24. The Morgan fingerprint density at radius 3 is 2.90 bits per heavy atom. The quantitative estimate of drug-likeness (QED) is 0.867. The van der Waals surface area contributed by atoms with E-state index in [-0.39, 0.29) is 5.76 Å². The van der Waals surface area contributed by atoms with Crippen molar-refractivity contribution in [3.63, 3.8) is 0 Å². The van der Waals surface area contributed by atoms with Crippen molar-refractivity contribution < 1.29 is 19.1 Å². The molecule has 0 amide bonds. The number of nitrogens with zero attached hydrogens (tertiary/aromatic N) is 1. The Morgan fingerprint density at radius 2 is 2.14 bits per heavy atom. The zero-order valence-corrected chi connectivity index (χ0v) is 11.7. The first-order valence-corrected chi connectivity index (χ1v) is 7.05. The van der Waals surface area contributed by atoms with E-state index in [1.165, 1.54) is 6.07 Å². The maximum atomic E-state index is 10.9. The van der Waals surface area contributed by atoms with Crippen molar-refractivity contribution >= 4 is 16.9 Å². The van der Waals surface area contributed by atoms with Gasteiger partial charge in [-0.25, -0.2) is 4.79 Å². The van der Waals surface area contributed by atoms with E-state index in [1.54, 1.807) is 12.1 Å². The number of piperazine rings is 1. The summed E-state index contributed by atoms with van der Waals surface area (Å²) in [6.07, 6.45) is 0. The number of carboxylic acid groups (broad SMARTS) is 1. The first-order chi connectivity index (χ1) is 10.2. The van der Waals surface area contributed by atoms with Gasteiger partial charge >= 0.3 is 5.97 Å². The molecule has 6 nitrogen and oxygen atoms in total. The number of nitrogens with one attached hydrogen (secondary N) is 1.